The number of amides is 1. The molecule has 188 valence electrons. The average Bonchev–Trinajstić information content (AvgIpc) is 3.47. The lowest BCUT2D eigenvalue weighted by molar-refractivity contribution is -0.113. The summed E-state index contributed by atoms with van der Waals surface area (Å²) in [7, 11) is 1.78. The zero-order chi connectivity index (χ0) is 26.0. The molecule has 0 saturated heterocycles. The van der Waals surface area contributed by atoms with Crippen molar-refractivity contribution in [1.29, 1.82) is 0 Å². The maximum absolute atomic E-state index is 12.9. The number of rotatable bonds is 8. The second-order valence-electron chi connectivity index (χ2n) is 7.99. The smallest absolute Gasteiger partial charge is 0.341 e. The van der Waals surface area contributed by atoms with E-state index >= 15 is 0 Å². The molecule has 0 radical (unpaired) electrons. The highest BCUT2D eigenvalue weighted by atomic mass is 35.5. The molecule has 3 heterocycles. The third kappa shape index (κ3) is 5.18. The number of anilines is 1. The molecule has 1 amide bonds. The molecule has 0 bridgehead atoms. The Kier molecular flexibility index (Phi) is 7.82. The van der Waals surface area contributed by atoms with Gasteiger partial charge in [0.2, 0.25) is 5.91 Å². The normalized spacial score (nSPS) is 11.1. The molecule has 1 N–H and O–H groups in total. The highest BCUT2D eigenvalue weighted by molar-refractivity contribution is 7.99. The lowest BCUT2D eigenvalue weighted by atomic mass is 10.1. The van der Waals surface area contributed by atoms with Gasteiger partial charge in [0.05, 0.1) is 34.8 Å². The topological polar surface area (TPSA) is 104 Å². The molecule has 0 aliphatic rings. The number of nitrogens with one attached hydrogen (secondary N) is 1. The second kappa shape index (κ2) is 10.9. The summed E-state index contributed by atoms with van der Waals surface area (Å²) >= 11 is 8.99. The lowest BCUT2D eigenvalue weighted by Gasteiger charge is -2.12. The number of thioether (sulfide) groups is 1. The predicted octanol–water partition coefficient (Wildman–Crippen LogP) is 5.22. The first kappa shape index (κ1) is 25.9. The fourth-order valence-corrected chi connectivity index (χ4v) is 5.70. The Bertz CT molecular complexity index is 1420. The number of carbonyl (C=O) groups excluding carboxylic acids is 2. The van der Waals surface area contributed by atoms with E-state index in [2.05, 4.69) is 20.6 Å². The van der Waals surface area contributed by atoms with Crippen LogP contribution in [-0.4, -0.2) is 48.8 Å². The molecule has 36 heavy (non-hydrogen) atoms. The van der Waals surface area contributed by atoms with E-state index < -0.39 is 5.97 Å². The standard InChI is InChI=1S/C24H25ClN6O3S2/c1-6-34-23(33)19-14(3)15(4)36-22(19)27-18(32)12-35-24-29-28-21(20-17(25)11-26-30(20)5)31(24)16-9-7-8-13(2)10-16/h7-11H,6,12H2,1-5H3,(H,27,32). The monoisotopic (exact) mass is 544 g/mol. The van der Waals surface area contributed by atoms with E-state index in [1.165, 1.54) is 23.1 Å². The molecule has 9 nitrogen and oxygen atoms in total. The van der Waals surface area contributed by atoms with Crippen LogP contribution in [0.5, 0.6) is 0 Å². The van der Waals surface area contributed by atoms with Crippen LogP contribution in [0.15, 0.2) is 35.6 Å². The summed E-state index contributed by atoms with van der Waals surface area (Å²) in [5, 5.41) is 17.3. The average molecular weight is 545 g/mol. The largest absolute Gasteiger partial charge is 0.462 e. The predicted molar refractivity (Wildman–Crippen MR) is 142 cm³/mol. The summed E-state index contributed by atoms with van der Waals surface area (Å²) in [4.78, 5) is 26.3. The minimum Gasteiger partial charge on any atom is -0.462 e. The van der Waals surface area contributed by atoms with Crippen LogP contribution in [0, 0.1) is 20.8 Å². The van der Waals surface area contributed by atoms with Crippen molar-refractivity contribution in [3.8, 4) is 17.2 Å². The van der Waals surface area contributed by atoms with Crippen LogP contribution in [0.3, 0.4) is 0 Å². The molecule has 0 aliphatic heterocycles. The Morgan fingerprint density at radius 1 is 1.22 bits per heavy atom. The van der Waals surface area contributed by atoms with Crippen LogP contribution in [0.4, 0.5) is 5.00 Å². The van der Waals surface area contributed by atoms with Gasteiger partial charge in [0.1, 0.15) is 10.7 Å². The number of ether oxygens (including phenoxy) is 1. The van der Waals surface area contributed by atoms with Crippen LogP contribution < -0.4 is 5.32 Å². The van der Waals surface area contributed by atoms with Gasteiger partial charge in [-0.2, -0.15) is 5.10 Å². The van der Waals surface area contributed by atoms with Crippen LogP contribution in [0.25, 0.3) is 17.2 Å². The van der Waals surface area contributed by atoms with Crippen LogP contribution in [0.1, 0.15) is 33.3 Å². The van der Waals surface area contributed by atoms with Crippen molar-refractivity contribution in [3.63, 3.8) is 0 Å². The minimum absolute atomic E-state index is 0.0569. The Morgan fingerprint density at radius 2 is 2.00 bits per heavy atom. The number of thiophene rings is 1. The molecule has 0 unspecified atom stereocenters. The van der Waals surface area contributed by atoms with Crippen molar-refractivity contribution in [2.45, 2.75) is 32.9 Å². The number of carbonyl (C=O) groups is 2. The van der Waals surface area contributed by atoms with Crippen molar-refractivity contribution in [2.75, 3.05) is 17.7 Å². The number of benzene rings is 1. The van der Waals surface area contributed by atoms with Crippen LogP contribution >= 0.6 is 34.7 Å². The van der Waals surface area contributed by atoms with E-state index in [0.29, 0.717) is 32.3 Å². The van der Waals surface area contributed by atoms with E-state index in [1.807, 2.05) is 49.6 Å². The van der Waals surface area contributed by atoms with E-state index in [4.69, 9.17) is 16.3 Å². The molecule has 12 heteroatoms. The number of aromatic nitrogens is 5. The third-order valence-corrected chi connectivity index (χ3v) is 7.78. The zero-order valence-electron chi connectivity index (χ0n) is 20.5. The zero-order valence-corrected chi connectivity index (χ0v) is 22.8. The van der Waals surface area contributed by atoms with Gasteiger partial charge in [-0.25, -0.2) is 4.79 Å². The summed E-state index contributed by atoms with van der Waals surface area (Å²) in [6.07, 6.45) is 1.55. The Hall–Kier alpha value is -3.15. The first-order valence-corrected chi connectivity index (χ1v) is 13.3. The number of halogens is 1. The molecule has 4 rings (SSSR count). The molecule has 1 aromatic carbocycles. The number of hydrogen-bond donors (Lipinski definition) is 1. The first-order chi connectivity index (χ1) is 17.2. The third-order valence-electron chi connectivity index (χ3n) is 5.45. The van der Waals surface area contributed by atoms with E-state index in [-0.39, 0.29) is 18.3 Å². The van der Waals surface area contributed by atoms with Gasteiger partial charge in [-0.05, 0) is 51.0 Å². The van der Waals surface area contributed by atoms with Gasteiger partial charge < -0.3 is 10.1 Å². The molecule has 4 aromatic rings. The highest BCUT2D eigenvalue weighted by Gasteiger charge is 2.24. The summed E-state index contributed by atoms with van der Waals surface area (Å²) in [6.45, 7) is 7.75. The minimum atomic E-state index is -0.445. The van der Waals surface area contributed by atoms with Gasteiger partial charge in [0.15, 0.2) is 11.0 Å². The summed E-state index contributed by atoms with van der Waals surface area (Å²) in [5.74, 6) is -0.145. The number of esters is 1. The lowest BCUT2D eigenvalue weighted by Crippen LogP contribution is -2.17. The molecule has 0 spiro atoms. The van der Waals surface area contributed by atoms with Crippen molar-refractivity contribution in [3.05, 3.63) is 57.1 Å². The van der Waals surface area contributed by atoms with Crippen molar-refractivity contribution >= 4 is 51.6 Å². The number of aryl methyl sites for hydroxylation is 3. The quantitative estimate of drug-likeness (QED) is 0.240. The van der Waals surface area contributed by atoms with E-state index in [1.54, 1.807) is 24.9 Å². The molecular weight excluding hydrogens is 520 g/mol. The van der Waals surface area contributed by atoms with Gasteiger partial charge >= 0.3 is 5.97 Å². The summed E-state index contributed by atoms with van der Waals surface area (Å²) < 4.78 is 8.67. The van der Waals surface area contributed by atoms with Gasteiger partial charge in [0, 0.05) is 11.9 Å². The van der Waals surface area contributed by atoms with Gasteiger partial charge in [0.25, 0.3) is 0 Å². The maximum Gasteiger partial charge on any atom is 0.341 e. The molecule has 0 fully saturated rings. The van der Waals surface area contributed by atoms with Crippen LogP contribution in [0.2, 0.25) is 5.02 Å². The van der Waals surface area contributed by atoms with Crippen molar-refractivity contribution < 1.29 is 14.3 Å². The number of nitrogens with zero attached hydrogens (tertiary/aromatic N) is 5. The second-order valence-corrected chi connectivity index (χ2v) is 10.6. The van der Waals surface area contributed by atoms with Crippen LogP contribution in [-0.2, 0) is 16.6 Å². The Morgan fingerprint density at radius 3 is 2.67 bits per heavy atom. The molecule has 3 aromatic heterocycles. The van der Waals surface area contributed by atoms with Gasteiger partial charge in [-0.3, -0.25) is 14.0 Å². The van der Waals surface area contributed by atoms with E-state index in [0.717, 1.165) is 21.7 Å². The molecular formula is C24H25ClN6O3S2. The Balaban J connectivity index is 1.61. The molecule has 0 saturated carbocycles. The summed E-state index contributed by atoms with van der Waals surface area (Å²) in [6, 6.07) is 7.89. The fourth-order valence-electron chi connectivity index (χ4n) is 3.64. The van der Waals surface area contributed by atoms with Crippen molar-refractivity contribution in [1.82, 2.24) is 24.5 Å². The highest BCUT2D eigenvalue weighted by Crippen LogP contribution is 2.34. The van der Waals surface area contributed by atoms with Crippen molar-refractivity contribution in [2.24, 2.45) is 7.05 Å². The SMILES string of the molecule is CCOC(=O)c1c(NC(=O)CSc2nnc(-c3c(Cl)cnn3C)n2-c2cccc(C)c2)sc(C)c1C. The number of hydrogen-bond acceptors (Lipinski definition) is 8. The summed E-state index contributed by atoms with van der Waals surface area (Å²) in [5.41, 5.74) is 3.72. The fraction of sp³-hybridized carbons (Fsp3) is 0.292. The van der Waals surface area contributed by atoms with Gasteiger partial charge in [-0.15, -0.1) is 21.5 Å². The van der Waals surface area contributed by atoms with E-state index in [9.17, 15) is 9.59 Å². The van der Waals surface area contributed by atoms with Gasteiger partial charge in [-0.1, -0.05) is 35.5 Å². The Labute approximate surface area is 221 Å². The molecule has 0 atom stereocenters. The molecule has 0 aliphatic carbocycles. The maximum atomic E-state index is 12.9. The first-order valence-electron chi connectivity index (χ1n) is 11.1.